The van der Waals surface area contributed by atoms with E-state index in [1.807, 2.05) is 6.92 Å². The van der Waals surface area contributed by atoms with Gasteiger partial charge in [-0.1, -0.05) is 24.9 Å². The van der Waals surface area contributed by atoms with Crippen LogP contribution in [0.1, 0.15) is 44.6 Å². The van der Waals surface area contributed by atoms with Crippen LogP contribution in [0.15, 0.2) is 4.47 Å². The zero-order valence-electron chi connectivity index (χ0n) is 10.1. The fraction of sp³-hybridized carbons (Fsp3) is 0.667. The maximum absolute atomic E-state index is 6.14. The normalized spacial score (nSPS) is 24.2. The lowest BCUT2D eigenvalue weighted by atomic mass is 10.0. The number of hydrogen-bond donors (Lipinski definition) is 0. The van der Waals surface area contributed by atoms with E-state index >= 15 is 0 Å². The van der Waals surface area contributed by atoms with E-state index in [-0.39, 0.29) is 5.60 Å². The van der Waals surface area contributed by atoms with Gasteiger partial charge in [-0.15, -0.1) is 0 Å². The van der Waals surface area contributed by atoms with Crippen molar-refractivity contribution in [3.8, 4) is 0 Å². The average Bonchev–Trinajstić information content (AvgIpc) is 2.73. The number of hydrogen-bond acceptors (Lipinski definition) is 3. The molecule has 1 fully saturated rings. The molecule has 1 aliphatic heterocycles. The highest BCUT2D eigenvalue weighted by atomic mass is 79.9. The zero-order valence-corrected chi connectivity index (χ0v) is 12.4. The van der Waals surface area contributed by atoms with Crippen LogP contribution in [0.5, 0.6) is 0 Å². The fourth-order valence-corrected chi connectivity index (χ4v) is 2.62. The smallest absolute Gasteiger partial charge is 0.161 e. The molecule has 1 aliphatic rings. The first-order chi connectivity index (χ1) is 8.07. The van der Waals surface area contributed by atoms with Crippen LogP contribution in [0.3, 0.4) is 0 Å². The van der Waals surface area contributed by atoms with Crippen molar-refractivity contribution in [3.63, 3.8) is 0 Å². The molecular weight excluding hydrogens is 304 g/mol. The van der Waals surface area contributed by atoms with Gasteiger partial charge in [0.25, 0.3) is 0 Å². The maximum atomic E-state index is 6.14. The summed E-state index contributed by atoms with van der Waals surface area (Å²) in [4.78, 5) is 8.96. The third-order valence-corrected chi connectivity index (χ3v) is 4.39. The Morgan fingerprint density at radius 1 is 1.47 bits per heavy atom. The molecule has 0 amide bonds. The minimum Gasteiger partial charge on any atom is -0.367 e. The predicted molar refractivity (Wildman–Crippen MR) is 71.3 cm³/mol. The summed E-state index contributed by atoms with van der Waals surface area (Å²) >= 11 is 9.59. The van der Waals surface area contributed by atoms with Gasteiger partial charge in [0.2, 0.25) is 0 Å². The van der Waals surface area contributed by atoms with Crippen LogP contribution in [0.2, 0.25) is 5.15 Å². The Morgan fingerprint density at radius 3 is 2.82 bits per heavy atom. The van der Waals surface area contributed by atoms with Gasteiger partial charge in [0.05, 0.1) is 10.2 Å². The lowest BCUT2D eigenvalue weighted by Crippen LogP contribution is -2.24. The van der Waals surface area contributed by atoms with Crippen molar-refractivity contribution in [3.05, 3.63) is 21.1 Å². The number of nitrogens with zero attached hydrogens (tertiary/aromatic N) is 2. The van der Waals surface area contributed by atoms with Crippen molar-refractivity contribution in [1.82, 2.24) is 9.97 Å². The van der Waals surface area contributed by atoms with Crippen molar-refractivity contribution in [2.45, 2.75) is 45.1 Å². The predicted octanol–water partition coefficient (Wildman–Crippen LogP) is 3.87. The number of aryl methyl sites for hydroxylation is 1. The van der Waals surface area contributed by atoms with Gasteiger partial charge in [0.1, 0.15) is 10.8 Å². The summed E-state index contributed by atoms with van der Waals surface area (Å²) < 4.78 is 6.57. The van der Waals surface area contributed by atoms with Crippen molar-refractivity contribution in [2.24, 2.45) is 0 Å². The minimum absolute atomic E-state index is 0.368. The number of aromatic nitrogens is 2. The van der Waals surface area contributed by atoms with E-state index in [4.69, 9.17) is 16.3 Å². The van der Waals surface area contributed by atoms with Crippen LogP contribution in [0.4, 0.5) is 0 Å². The van der Waals surface area contributed by atoms with Gasteiger partial charge in [0.15, 0.2) is 5.82 Å². The van der Waals surface area contributed by atoms with Gasteiger partial charge >= 0.3 is 0 Å². The second kappa shape index (κ2) is 5.21. The van der Waals surface area contributed by atoms with Crippen LogP contribution in [-0.2, 0) is 16.8 Å². The summed E-state index contributed by atoms with van der Waals surface area (Å²) in [5.74, 6) is 0.714. The monoisotopic (exact) mass is 318 g/mol. The summed E-state index contributed by atoms with van der Waals surface area (Å²) in [7, 11) is 0. The molecular formula is C12H16BrClN2O. The molecule has 2 heterocycles. The van der Waals surface area contributed by atoms with Crippen LogP contribution < -0.4 is 0 Å². The highest BCUT2D eigenvalue weighted by Crippen LogP contribution is 2.35. The lowest BCUT2D eigenvalue weighted by molar-refractivity contribution is 0.00912. The van der Waals surface area contributed by atoms with E-state index in [0.29, 0.717) is 11.0 Å². The lowest BCUT2D eigenvalue weighted by Gasteiger charge is -2.22. The summed E-state index contributed by atoms with van der Waals surface area (Å²) in [6, 6.07) is 0. The Hall–Kier alpha value is -0.190. The number of rotatable bonds is 3. The average molecular weight is 320 g/mol. The van der Waals surface area contributed by atoms with Gasteiger partial charge < -0.3 is 4.74 Å². The quantitative estimate of drug-likeness (QED) is 0.793. The molecule has 0 bridgehead atoms. The standard InChI is InChI=1S/C12H16BrClN2O/c1-3-5-8-9(13)10(14)16-11(15-8)12(2)6-4-7-17-12/h3-7H2,1-2H3. The van der Waals surface area contributed by atoms with Gasteiger partial charge in [-0.05, 0) is 42.1 Å². The molecule has 94 valence electrons. The molecule has 0 radical (unpaired) electrons. The first kappa shape index (κ1) is 13.2. The van der Waals surface area contributed by atoms with E-state index in [1.165, 1.54) is 0 Å². The van der Waals surface area contributed by atoms with Gasteiger partial charge in [-0.3, -0.25) is 0 Å². The molecule has 0 saturated carbocycles. The number of ether oxygens (including phenoxy) is 1. The van der Waals surface area contributed by atoms with Crippen LogP contribution >= 0.6 is 27.5 Å². The van der Waals surface area contributed by atoms with E-state index in [9.17, 15) is 0 Å². The largest absolute Gasteiger partial charge is 0.367 e. The first-order valence-electron chi connectivity index (χ1n) is 5.93. The molecule has 5 heteroatoms. The Balaban J connectivity index is 2.41. The van der Waals surface area contributed by atoms with Crippen LogP contribution in [-0.4, -0.2) is 16.6 Å². The van der Waals surface area contributed by atoms with E-state index in [2.05, 4.69) is 32.8 Å². The highest BCUT2D eigenvalue weighted by Gasteiger charge is 2.35. The molecule has 1 aromatic rings. The highest BCUT2D eigenvalue weighted by molar-refractivity contribution is 9.10. The second-order valence-corrected chi connectivity index (χ2v) is 5.68. The number of halogens is 2. The Morgan fingerprint density at radius 2 is 2.24 bits per heavy atom. The summed E-state index contributed by atoms with van der Waals surface area (Å²) in [6.45, 7) is 4.93. The third kappa shape index (κ3) is 2.64. The molecule has 3 nitrogen and oxygen atoms in total. The minimum atomic E-state index is -0.368. The fourth-order valence-electron chi connectivity index (χ4n) is 2.06. The van der Waals surface area contributed by atoms with E-state index < -0.39 is 0 Å². The molecule has 1 aromatic heterocycles. The molecule has 1 unspecified atom stereocenters. The van der Waals surface area contributed by atoms with Gasteiger partial charge in [0, 0.05) is 6.61 Å². The topological polar surface area (TPSA) is 35.0 Å². The van der Waals surface area contributed by atoms with Crippen LogP contribution in [0, 0.1) is 0 Å². The zero-order chi connectivity index (χ0) is 12.5. The van der Waals surface area contributed by atoms with E-state index in [0.717, 1.165) is 42.5 Å². The van der Waals surface area contributed by atoms with Crippen molar-refractivity contribution < 1.29 is 4.74 Å². The summed E-state index contributed by atoms with van der Waals surface area (Å²) in [6.07, 6.45) is 3.93. The molecule has 1 saturated heterocycles. The van der Waals surface area contributed by atoms with Gasteiger partial charge in [-0.25, -0.2) is 9.97 Å². The first-order valence-corrected chi connectivity index (χ1v) is 7.10. The summed E-state index contributed by atoms with van der Waals surface area (Å²) in [5.41, 5.74) is 0.603. The Kier molecular flexibility index (Phi) is 4.06. The molecule has 0 aromatic carbocycles. The molecule has 0 N–H and O–H groups in total. The van der Waals surface area contributed by atoms with Gasteiger partial charge in [-0.2, -0.15) is 0 Å². The molecule has 1 atom stereocenters. The molecule has 0 spiro atoms. The van der Waals surface area contributed by atoms with E-state index in [1.54, 1.807) is 0 Å². The molecule has 2 rings (SSSR count). The molecule has 0 aliphatic carbocycles. The van der Waals surface area contributed by atoms with Crippen molar-refractivity contribution in [2.75, 3.05) is 6.61 Å². The second-order valence-electron chi connectivity index (χ2n) is 4.53. The Labute approximate surface area is 115 Å². The van der Waals surface area contributed by atoms with Crippen LogP contribution in [0.25, 0.3) is 0 Å². The SMILES string of the molecule is CCCc1nc(C2(C)CCCO2)nc(Cl)c1Br. The van der Waals surface area contributed by atoms with Crippen molar-refractivity contribution >= 4 is 27.5 Å². The Bertz CT molecular complexity index is 419. The third-order valence-electron chi connectivity index (χ3n) is 3.06. The maximum Gasteiger partial charge on any atom is 0.161 e. The van der Waals surface area contributed by atoms with Crippen molar-refractivity contribution in [1.29, 1.82) is 0 Å². The molecule has 17 heavy (non-hydrogen) atoms. The summed E-state index contributed by atoms with van der Waals surface area (Å²) in [5, 5.41) is 0.482.